The van der Waals surface area contributed by atoms with Crippen molar-refractivity contribution in [1.82, 2.24) is 14.3 Å². The summed E-state index contributed by atoms with van der Waals surface area (Å²) in [5, 5.41) is 4.89. The van der Waals surface area contributed by atoms with Crippen LogP contribution in [0.15, 0.2) is 29.4 Å². The van der Waals surface area contributed by atoms with Crippen molar-refractivity contribution in [3.05, 3.63) is 45.5 Å². The molecule has 7 heteroatoms. The maximum atomic E-state index is 12.5. The lowest BCUT2D eigenvalue weighted by atomic mass is 10.2. The number of benzene rings is 1. The van der Waals surface area contributed by atoms with Crippen LogP contribution in [0.3, 0.4) is 0 Å². The first-order valence-electron chi connectivity index (χ1n) is 7.27. The van der Waals surface area contributed by atoms with Crippen LogP contribution in [-0.2, 0) is 7.05 Å². The van der Waals surface area contributed by atoms with Crippen molar-refractivity contribution in [1.29, 1.82) is 0 Å². The van der Waals surface area contributed by atoms with Gasteiger partial charge in [-0.05, 0) is 44.5 Å². The van der Waals surface area contributed by atoms with Gasteiger partial charge in [0.25, 0.3) is 5.91 Å². The highest BCUT2D eigenvalue weighted by Gasteiger charge is 2.15. The Kier molecular flexibility index (Phi) is 4.12. The van der Waals surface area contributed by atoms with E-state index in [0.717, 1.165) is 15.8 Å². The first kappa shape index (κ1) is 16.0. The smallest absolute Gasteiger partial charge is 0.297 e. The minimum Gasteiger partial charge on any atom is -0.319 e. The number of amides is 1. The van der Waals surface area contributed by atoms with Gasteiger partial charge in [0.05, 0.1) is 10.2 Å². The molecule has 1 aromatic carbocycles. The van der Waals surface area contributed by atoms with E-state index in [1.807, 2.05) is 44.5 Å². The minimum atomic E-state index is -0.290. The van der Waals surface area contributed by atoms with Gasteiger partial charge in [0.1, 0.15) is 5.69 Å². The lowest BCUT2D eigenvalue weighted by molar-refractivity contribution is 0.0986. The molecule has 0 aliphatic carbocycles. The van der Waals surface area contributed by atoms with Crippen molar-refractivity contribution in [3.63, 3.8) is 0 Å². The van der Waals surface area contributed by atoms with Gasteiger partial charge in [-0.15, -0.1) is 0 Å². The molecule has 5 nitrogen and oxygen atoms in total. The number of aromatic nitrogens is 3. The molecule has 0 unspecified atom stereocenters. The molecule has 0 spiro atoms. The van der Waals surface area contributed by atoms with E-state index in [9.17, 15) is 4.79 Å². The van der Waals surface area contributed by atoms with Crippen molar-refractivity contribution in [2.45, 2.75) is 26.8 Å². The summed E-state index contributed by atoms with van der Waals surface area (Å²) in [5.74, 6) is -0.290. The third-order valence-corrected chi connectivity index (χ3v) is 5.23. The maximum Gasteiger partial charge on any atom is 0.297 e. The van der Waals surface area contributed by atoms with Crippen molar-refractivity contribution >= 4 is 39.1 Å². The van der Waals surface area contributed by atoms with Crippen LogP contribution in [0.1, 0.15) is 35.9 Å². The van der Waals surface area contributed by atoms with Crippen molar-refractivity contribution in [3.8, 4) is 0 Å². The van der Waals surface area contributed by atoms with E-state index >= 15 is 0 Å². The molecule has 2 aromatic heterocycles. The van der Waals surface area contributed by atoms with E-state index in [4.69, 9.17) is 11.6 Å². The SMILES string of the molecule is Cc1c(Cl)ccc2sc(=NC(=O)c3ccnn3C(C)C)n(C)c12. The largest absolute Gasteiger partial charge is 0.319 e. The van der Waals surface area contributed by atoms with E-state index in [0.29, 0.717) is 15.5 Å². The van der Waals surface area contributed by atoms with Crippen LogP contribution in [0.2, 0.25) is 5.02 Å². The Morgan fingerprint density at radius 2 is 2.09 bits per heavy atom. The second kappa shape index (κ2) is 5.94. The molecule has 0 bridgehead atoms. The second-order valence-corrected chi connectivity index (χ2v) is 7.05. The Morgan fingerprint density at radius 3 is 2.78 bits per heavy atom. The summed E-state index contributed by atoms with van der Waals surface area (Å²) in [6.45, 7) is 5.93. The highest BCUT2D eigenvalue weighted by atomic mass is 35.5. The standard InChI is InChI=1S/C16H17ClN4OS/c1-9(2)21-12(7-8-18-21)15(22)19-16-20(4)14-10(3)11(17)5-6-13(14)23-16/h5-9H,1-4H3. The van der Waals surface area contributed by atoms with Gasteiger partial charge >= 0.3 is 0 Å². The summed E-state index contributed by atoms with van der Waals surface area (Å²) in [5.41, 5.74) is 2.49. The monoisotopic (exact) mass is 348 g/mol. The molecule has 23 heavy (non-hydrogen) atoms. The Morgan fingerprint density at radius 1 is 1.35 bits per heavy atom. The summed E-state index contributed by atoms with van der Waals surface area (Å²) in [4.78, 5) is 17.5. The molecule has 0 radical (unpaired) electrons. The summed E-state index contributed by atoms with van der Waals surface area (Å²) in [7, 11) is 1.90. The lowest BCUT2D eigenvalue weighted by Gasteiger charge is -2.07. The summed E-state index contributed by atoms with van der Waals surface area (Å²) in [6, 6.07) is 5.63. The van der Waals surface area contributed by atoms with E-state index in [2.05, 4.69) is 10.1 Å². The molecular formula is C16H17ClN4OS. The topological polar surface area (TPSA) is 52.2 Å². The molecule has 0 aliphatic rings. The number of carbonyl (C=O) groups excluding carboxylic acids is 1. The van der Waals surface area contributed by atoms with Crippen molar-refractivity contribution in [2.75, 3.05) is 0 Å². The number of carbonyl (C=O) groups is 1. The third-order valence-electron chi connectivity index (χ3n) is 3.73. The van der Waals surface area contributed by atoms with Crippen LogP contribution in [0, 0.1) is 6.92 Å². The molecule has 0 atom stereocenters. The fourth-order valence-electron chi connectivity index (χ4n) is 2.55. The number of halogens is 1. The number of aryl methyl sites for hydroxylation is 2. The van der Waals surface area contributed by atoms with Gasteiger partial charge in [0, 0.05) is 24.3 Å². The third kappa shape index (κ3) is 2.72. The van der Waals surface area contributed by atoms with Gasteiger partial charge in [0.15, 0.2) is 4.80 Å². The number of nitrogens with zero attached hydrogens (tertiary/aromatic N) is 4. The summed E-state index contributed by atoms with van der Waals surface area (Å²) < 4.78 is 4.65. The maximum absolute atomic E-state index is 12.5. The molecule has 2 heterocycles. The Balaban J connectivity index is 2.15. The zero-order valence-electron chi connectivity index (χ0n) is 13.4. The molecule has 0 aliphatic heterocycles. The van der Waals surface area contributed by atoms with Gasteiger partial charge in [-0.25, -0.2) is 0 Å². The minimum absolute atomic E-state index is 0.108. The molecule has 1 amide bonds. The number of hydrogen-bond donors (Lipinski definition) is 0. The fraction of sp³-hybridized carbons (Fsp3) is 0.312. The van der Waals surface area contributed by atoms with E-state index in [-0.39, 0.29) is 11.9 Å². The molecule has 3 aromatic rings. The second-order valence-electron chi connectivity index (χ2n) is 5.63. The Bertz CT molecular complexity index is 964. The number of fused-ring (bicyclic) bond motifs is 1. The zero-order valence-corrected chi connectivity index (χ0v) is 14.9. The van der Waals surface area contributed by atoms with Crippen LogP contribution in [0.25, 0.3) is 10.2 Å². The van der Waals surface area contributed by atoms with Gasteiger partial charge in [-0.3, -0.25) is 9.48 Å². The summed E-state index contributed by atoms with van der Waals surface area (Å²) in [6.07, 6.45) is 1.62. The van der Waals surface area contributed by atoms with Crippen LogP contribution in [-0.4, -0.2) is 20.3 Å². The molecule has 0 fully saturated rings. The molecule has 120 valence electrons. The molecular weight excluding hydrogens is 332 g/mol. The van der Waals surface area contributed by atoms with Gasteiger partial charge in [-0.1, -0.05) is 22.9 Å². The highest BCUT2D eigenvalue weighted by Crippen LogP contribution is 2.26. The van der Waals surface area contributed by atoms with E-state index in [1.165, 1.54) is 11.3 Å². The van der Waals surface area contributed by atoms with Crippen LogP contribution >= 0.6 is 22.9 Å². The van der Waals surface area contributed by atoms with Gasteiger partial charge < -0.3 is 4.57 Å². The first-order chi connectivity index (χ1) is 10.9. The van der Waals surface area contributed by atoms with Gasteiger partial charge in [0.2, 0.25) is 0 Å². The molecule has 0 saturated heterocycles. The van der Waals surface area contributed by atoms with Crippen molar-refractivity contribution in [2.24, 2.45) is 12.0 Å². The van der Waals surface area contributed by atoms with Crippen LogP contribution in [0.4, 0.5) is 0 Å². The van der Waals surface area contributed by atoms with Gasteiger partial charge in [-0.2, -0.15) is 10.1 Å². The van der Waals surface area contributed by atoms with Crippen LogP contribution in [0.5, 0.6) is 0 Å². The summed E-state index contributed by atoms with van der Waals surface area (Å²) >= 11 is 7.67. The van der Waals surface area contributed by atoms with Crippen molar-refractivity contribution < 1.29 is 4.79 Å². The average molecular weight is 349 g/mol. The predicted molar refractivity (Wildman–Crippen MR) is 93.0 cm³/mol. The first-order valence-corrected chi connectivity index (χ1v) is 8.46. The quantitative estimate of drug-likeness (QED) is 0.708. The Hall–Kier alpha value is -1.92. The molecule has 0 saturated carbocycles. The highest BCUT2D eigenvalue weighted by molar-refractivity contribution is 7.16. The van der Waals surface area contributed by atoms with Crippen LogP contribution < -0.4 is 4.80 Å². The van der Waals surface area contributed by atoms with E-state index < -0.39 is 0 Å². The predicted octanol–water partition coefficient (Wildman–Crippen LogP) is 3.72. The Labute approximate surface area is 142 Å². The average Bonchev–Trinajstić information content (AvgIpc) is 3.09. The number of hydrogen-bond acceptors (Lipinski definition) is 3. The fourth-order valence-corrected chi connectivity index (χ4v) is 3.78. The molecule has 0 N–H and O–H groups in total. The molecule has 3 rings (SSSR count). The number of rotatable bonds is 2. The lowest BCUT2D eigenvalue weighted by Crippen LogP contribution is -2.17. The zero-order chi connectivity index (χ0) is 16.7. The normalized spacial score (nSPS) is 12.5. The van der Waals surface area contributed by atoms with E-state index in [1.54, 1.807) is 16.9 Å². The number of thiazole rings is 1.